The Labute approximate surface area is 118 Å². The Morgan fingerprint density at radius 2 is 1.84 bits per heavy atom. The molecule has 0 aromatic carbocycles. The predicted molar refractivity (Wildman–Crippen MR) is 83.0 cm³/mol. The normalized spacial score (nSPS) is 21.9. The Morgan fingerprint density at radius 3 is 2.47 bits per heavy atom. The first-order valence-corrected chi connectivity index (χ1v) is 7.51. The molecule has 1 unspecified atom stereocenters. The highest BCUT2D eigenvalue weighted by Crippen LogP contribution is 2.30. The third-order valence-corrected chi connectivity index (χ3v) is 4.11. The molecule has 1 rings (SSSR count). The lowest BCUT2D eigenvalue weighted by molar-refractivity contribution is 0.124. The Balaban J connectivity index is 2.43. The van der Waals surface area contributed by atoms with E-state index in [0.29, 0.717) is 12.6 Å². The van der Waals surface area contributed by atoms with Crippen LogP contribution >= 0.6 is 0 Å². The van der Waals surface area contributed by atoms with E-state index in [9.17, 15) is 5.11 Å². The monoisotopic (exact) mass is 263 g/mol. The summed E-state index contributed by atoms with van der Waals surface area (Å²) in [5.74, 6) is 0. The van der Waals surface area contributed by atoms with Crippen molar-refractivity contribution in [3.05, 3.63) is 36.6 Å². The number of unbranched alkanes of at least 4 members (excludes halogenated alkanes) is 4. The molecule has 1 fully saturated rings. The Bertz CT molecular complexity index is 345. The van der Waals surface area contributed by atoms with Crippen molar-refractivity contribution < 1.29 is 5.11 Å². The van der Waals surface area contributed by atoms with Crippen LogP contribution in [0, 0.1) is 0 Å². The summed E-state index contributed by atoms with van der Waals surface area (Å²) in [4.78, 5) is 2.18. The zero-order valence-corrected chi connectivity index (χ0v) is 12.6. The molecule has 1 heterocycles. The van der Waals surface area contributed by atoms with Gasteiger partial charge in [0, 0.05) is 18.3 Å². The molecule has 0 saturated carbocycles. The van der Waals surface area contributed by atoms with Crippen molar-refractivity contribution in [1.82, 2.24) is 4.90 Å². The molecule has 2 nitrogen and oxygen atoms in total. The van der Waals surface area contributed by atoms with Gasteiger partial charge in [0.25, 0.3) is 0 Å². The Kier molecular flexibility index (Phi) is 6.36. The second-order valence-corrected chi connectivity index (χ2v) is 5.67. The topological polar surface area (TPSA) is 23.5 Å². The summed E-state index contributed by atoms with van der Waals surface area (Å²) >= 11 is 0. The van der Waals surface area contributed by atoms with E-state index in [1.165, 1.54) is 32.1 Å². The van der Waals surface area contributed by atoms with Crippen LogP contribution in [-0.2, 0) is 0 Å². The fraction of sp³-hybridized carbons (Fsp3) is 0.647. The summed E-state index contributed by atoms with van der Waals surface area (Å²) in [6.45, 7) is 17.0. The number of allylic oxidation sites excluding steroid dienone is 1. The van der Waals surface area contributed by atoms with Crippen molar-refractivity contribution in [1.29, 1.82) is 0 Å². The average molecular weight is 263 g/mol. The van der Waals surface area contributed by atoms with Gasteiger partial charge in [-0.15, -0.1) is 0 Å². The zero-order chi connectivity index (χ0) is 14.4. The zero-order valence-electron chi connectivity index (χ0n) is 12.6. The third-order valence-electron chi connectivity index (χ3n) is 4.11. The number of nitrogens with zero attached hydrogens (tertiary/aromatic N) is 1. The van der Waals surface area contributed by atoms with Crippen LogP contribution in [0.15, 0.2) is 36.6 Å². The molecule has 0 aliphatic carbocycles. The van der Waals surface area contributed by atoms with E-state index < -0.39 is 6.10 Å². The van der Waals surface area contributed by atoms with Gasteiger partial charge in [-0.2, -0.15) is 0 Å². The quantitative estimate of drug-likeness (QED) is 0.701. The van der Waals surface area contributed by atoms with E-state index in [0.717, 1.165) is 23.3 Å². The number of piperidine rings is 1. The standard InChI is InChI=1S/C17H29NO/c1-6-7-8-9-10-11-13(2)18-12-17(19)15(4)14(3)16(18)5/h13,17,19H,3-12H2,1-2H3/t13?,17-/m0/s1. The number of β-amino-alcohol motifs (C(OH)–C–C–N with tert-alkyl or cyclic N) is 1. The third kappa shape index (κ3) is 4.24. The lowest BCUT2D eigenvalue weighted by atomic mass is 9.93. The van der Waals surface area contributed by atoms with E-state index in [4.69, 9.17) is 0 Å². The van der Waals surface area contributed by atoms with Gasteiger partial charge in [-0.3, -0.25) is 0 Å². The molecule has 0 amide bonds. The minimum Gasteiger partial charge on any atom is -0.387 e. The number of hydrogen-bond donors (Lipinski definition) is 1. The number of hydrogen-bond acceptors (Lipinski definition) is 2. The summed E-state index contributed by atoms with van der Waals surface area (Å²) in [7, 11) is 0. The van der Waals surface area contributed by atoms with Crippen molar-refractivity contribution in [3.8, 4) is 0 Å². The molecule has 1 aliphatic heterocycles. The smallest absolute Gasteiger partial charge is 0.0965 e. The van der Waals surface area contributed by atoms with Crippen LogP contribution in [0.25, 0.3) is 0 Å². The highest BCUT2D eigenvalue weighted by atomic mass is 16.3. The molecule has 1 saturated heterocycles. The molecule has 1 aliphatic rings. The molecule has 0 aromatic rings. The summed E-state index contributed by atoms with van der Waals surface area (Å²) in [6, 6.07) is 0.411. The van der Waals surface area contributed by atoms with E-state index in [-0.39, 0.29) is 0 Å². The van der Waals surface area contributed by atoms with Crippen LogP contribution in [0.2, 0.25) is 0 Å². The summed E-state index contributed by atoms with van der Waals surface area (Å²) in [5.41, 5.74) is 2.45. The average Bonchev–Trinajstić information content (AvgIpc) is 2.40. The van der Waals surface area contributed by atoms with Crippen LogP contribution in [0.5, 0.6) is 0 Å². The van der Waals surface area contributed by atoms with Crippen molar-refractivity contribution in [2.75, 3.05) is 6.54 Å². The van der Waals surface area contributed by atoms with Gasteiger partial charge in [0.1, 0.15) is 0 Å². The second kappa shape index (κ2) is 7.54. The first-order chi connectivity index (χ1) is 8.99. The second-order valence-electron chi connectivity index (χ2n) is 5.67. The highest BCUT2D eigenvalue weighted by molar-refractivity contribution is 5.46. The van der Waals surface area contributed by atoms with Crippen molar-refractivity contribution in [2.45, 2.75) is 64.5 Å². The lowest BCUT2D eigenvalue weighted by Crippen LogP contribution is -2.43. The van der Waals surface area contributed by atoms with Crippen molar-refractivity contribution in [3.63, 3.8) is 0 Å². The summed E-state index contributed by atoms with van der Waals surface area (Å²) < 4.78 is 0. The Morgan fingerprint density at radius 1 is 1.21 bits per heavy atom. The number of likely N-dealkylation sites (tertiary alicyclic amines) is 1. The molecule has 0 spiro atoms. The molecular formula is C17H29NO. The van der Waals surface area contributed by atoms with Crippen molar-refractivity contribution >= 4 is 0 Å². The van der Waals surface area contributed by atoms with Gasteiger partial charge < -0.3 is 10.0 Å². The molecule has 2 atom stereocenters. The molecule has 2 heteroatoms. The SMILES string of the molecule is C=C1C(=C)[C@@H](O)CN(C(C)CCCCCCC)C1=C. The summed E-state index contributed by atoms with van der Waals surface area (Å²) in [6.07, 6.45) is 7.14. The first-order valence-electron chi connectivity index (χ1n) is 7.51. The van der Waals surface area contributed by atoms with Gasteiger partial charge in [0.2, 0.25) is 0 Å². The fourth-order valence-electron chi connectivity index (χ4n) is 2.61. The van der Waals surface area contributed by atoms with Gasteiger partial charge in [0.05, 0.1) is 6.10 Å². The molecule has 0 bridgehead atoms. The van der Waals surface area contributed by atoms with Gasteiger partial charge in [-0.1, -0.05) is 58.8 Å². The van der Waals surface area contributed by atoms with E-state index in [2.05, 4.69) is 38.5 Å². The maximum Gasteiger partial charge on any atom is 0.0965 e. The number of aliphatic hydroxyl groups excluding tert-OH is 1. The lowest BCUT2D eigenvalue weighted by Gasteiger charge is -2.40. The molecule has 0 aromatic heterocycles. The van der Waals surface area contributed by atoms with E-state index in [1.807, 2.05) is 0 Å². The highest BCUT2D eigenvalue weighted by Gasteiger charge is 2.28. The molecule has 108 valence electrons. The fourth-order valence-corrected chi connectivity index (χ4v) is 2.61. The largest absolute Gasteiger partial charge is 0.387 e. The first kappa shape index (κ1) is 16.0. The van der Waals surface area contributed by atoms with Crippen molar-refractivity contribution in [2.24, 2.45) is 0 Å². The van der Waals surface area contributed by atoms with Crippen LogP contribution in [0.1, 0.15) is 52.4 Å². The molecule has 19 heavy (non-hydrogen) atoms. The minimum atomic E-state index is -0.499. The van der Waals surface area contributed by atoms with E-state index >= 15 is 0 Å². The Hall–Kier alpha value is -1.02. The van der Waals surface area contributed by atoms with Crippen LogP contribution < -0.4 is 0 Å². The van der Waals surface area contributed by atoms with E-state index in [1.54, 1.807) is 0 Å². The van der Waals surface area contributed by atoms with Crippen LogP contribution in [-0.4, -0.2) is 28.7 Å². The van der Waals surface area contributed by atoms with Gasteiger partial charge >= 0.3 is 0 Å². The van der Waals surface area contributed by atoms with Crippen LogP contribution in [0.3, 0.4) is 0 Å². The number of rotatable bonds is 7. The molecule has 1 N–H and O–H groups in total. The van der Waals surface area contributed by atoms with Gasteiger partial charge in [0.15, 0.2) is 0 Å². The molecular weight excluding hydrogens is 234 g/mol. The minimum absolute atomic E-state index is 0.411. The summed E-state index contributed by atoms with van der Waals surface area (Å²) in [5, 5.41) is 9.98. The van der Waals surface area contributed by atoms with Gasteiger partial charge in [-0.05, 0) is 24.5 Å². The van der Waals surface area contributed by atoms with Crippen LogP contribution in [0.4, 0.5) is 0 Å². The maximum absolute atomic E-state index is 9.98. The van der Waals surface area contributed by atoms with Gasteiger partial charge in [-0.25, -0.2) is 0 Å². The maximum atomic E-state index is 9.98. The molecule has 0 radical (unpaired) electrons. The predicted octanol–water partition coefficient (Wildman–Crippen LogP) is 4.04. The number of aliphatic hydroxyl groups is 1.